The van der Waals surface area contributed by atoms with Crippen LogP contribution in [0.5, 0.6) is 0 Å². The van der Waals surface area contributed by atoms with Crippen LogP contribution in [0.4, 0.5) is 5.69 Å². The summed E-state index contributed by atoms with van der Waals surface area (Å²) in [5.41, 5.74) is 3.36. The zero-order chi connectivity index (χ0) is 13.9. The Labute approximate surface area is 119 Å². The van der Waals surface area contributed by atoms with Gasteiger partial charge in [0, 0.05) is 13.2 Å². The van der Waals surface area contributed by atoms with Crippen molar-refractivity contribution in [2.45, 2.75) is 25.2 Å². The van der Waals surface area contributed by atoms with Crippen LogP contribution in [-0.4, -0.2) is 17.9 Å². The topological polar surface area (TPSA) is 33.2 Å². The number of rotatable bonds is 2. The molecule has 20 heavy (non-hydrogen) atoms. The van der Waals surface area contributed by atoms with Gasteiger partial charge in [0.1, 0.15) is 0 Å². The van der Waals surface area contributed by atoms with E-state index in [9.17, 15) is 4.79 Å². The largest absolute Gasteiger partial charge is 0.313 e. The smallest absolute Gasteiger partial charge is 0.234 e. The van der Waals surface area contributed by atoms with Gasteiger partial charge in [0.15, 0.2) is 0 Å². The number of aryl methyl sites for hydroxylation is 1. The van der Waals surface area contributed by atoms with E-state index in [1.807, 2.05) is 25.2 Å². The summed E-state index contributed by atoms with van der Waals surface area (Å²) >= 11 is 0. The van der Waals surface area contributed by atoms with Crippen molar-refractivity contribution in [1.82, 2.24) is 4.98 Å². The molecule has 1 heterocycles. The lowest BCUT2D eigenvalue weighted by Gasteiger charge is -2.28. The highest BCUT2D eigenvalue weighted by Gasteiger charge is 2.28. The molecule has 0 spiro atoms. The van der Waals surface area contributed by atoms with E-state index < -0.39 is 0 Å². The third kappa shape index (κ3) is 2.31. The van der Waals surface area contributed by atoms with Gasteiger partial charge in [0.05, 0.1) is 17.8 Å². The van der Waals surface area contributed by atoms with E-state index in [0.717, 1.165) is 24.9 Å². The average Bonchev–Trinajstić information content (AvgIpc) is 2.54. The predicted octanol–water partition coefficient (Wildman–Crippen LogP) is 3.16. The number of hydrogen-bond acceptors (Lipinski definition) is 2. The molecular weight excluding hydrogens is 248 g/mol. The van der Waals surface area contributed by atoms with Gasteiger partial charge in [0.25, 0.3) is 0 Å². The van der Waals surface area contributed by atoms with E-state index in [0.29, 0.717) is 0 Å². The Balaban J connectivity index is 1.89. The van der Waals surface area contributed by atoms with Gasteiger partial charge in [-0.05, 0) is 42.5 Å². The first-order valence-electron chi connectivity index (χ1n) is 7.03. The van der Waals surface area contributed by atoms with Crippen LogP contribution in [-0.2, 0) is 11.2 Å². The molecule has 0 aliphatic heterocycles. The molecule has 0 bridgehead atoms. The molecule has 0 saturated heterocycles. The molecule has 102 valence electrons. The van der Waals surface area contributed by atoms with Crippen LogP contribution in [0, 0.1) is 0 Å². The van der Waals surface area contributed by atoms with Crippen LogP contribution in [0.25, 0.3) is 0 Å². The SMILES string of the molecule is CN(C(=O)C1CCCc2ccccc21)c1cccnc1. The average molecular weight is 266 g/mol. The molecule has 3 rings (SSSR count). The van der Waals surface area contributed by atoms with Crippen LogP contribution in [0.3, 0.4) is 0 Å². The van der Waals surface area contributed by atoms with Crippen molar-refractivity contribution >= 4 is 11.6 Å². The summed E-state index contributed by atoms with van der Waals surface area (Å²) in [4.78, 5) is 18.6. The van der Waals surface area contributed by atoms with E-state index in [2.05, 4.69) is 23.2 Å². The van der Waals surface area contributed by atoms with Crippen LogP contribution >= 0.6 is 0 Å². The number of nitrogens with zero attached hydrogens (tertiary/aromatic N) is 2. The molecule has 0 N–H and O–H groups in total. The molecular formula is C17H18N2O. The molecule has 1 atom stereocenters. The van der Waals surface area contributed by atoms with E-state index in [1.165, 1.54) is 11.1 Å². The molecule has 1 amide bonds. The summed E-state index contributed by atoms with van der Waals surface area (Å²) in [6, 6.07) is 12.1. The Morgan fingerprint density at radius 2 is 2.10 bits per heavy atom. The van der Waals surface area contributed by atoms with Gasteiger partial charge in [-0.15, -0.1) is 0 Å². The van der Waals surface area contributed by atoms with Crippen LogP contribution in [0.2, 0.25) is 0 Å². The Kier molecular flexibility index (Phi) is 3.50. The van der Waals surface area contributed by atoms with Gasteiger partial charge < -0.3 is 4.90 Å². The highest BCUT2D eigenvalue weighted by molar-refractivity contribution is 5.97. The highest BCUT2D eigenvalue weighted by atomic mass is 16.2. The maximum atomic E-state index is 12.8. The molecule has 1 aromatic heterocycles. The molecule has 3 nitrogen and oxygen atoms in total. The van der Waals surface area contributed by atoms with Crippen molar-refractivity contribution in [2.24, 2.45) is 0 Å². The third-order valence-electron chi connectivity index (χ3n) is 4.03. The summed E-state index contributed by atoms with van der Waals surface area (Å²) in [6.45, 7) is 0. The van der Waals surface area contributed by atoms with Crippen molar-refractivity contribution in [3.8, 4) is 0 Å². The fraction of sp³-hybridized carbons (Fsp3) is 0.294. The molecule has 1 aliphatic rings. The zero-order valence-electron chi connectivity index (χ0n) is 11.6. The first-order valence-corrected chi connectivity index (χ1v) is 7.03. The van der Waals surface area contributed by atoms with Crippen molar-refractivity contribution in [2.75, 3.05) is 11.9 Å². The lowest BCUT2D eigenvalue weighted by molar-refractivity contribution is -0.120. The first kappa shape index (κ1) is 12.9. The van der Waals surface area contributed by atoms with Crippen LogP contribution in [0.15, 0.2) is 48.8 Å². The maximum Gasteiger partial charge on any atom is 0.234 e. The van der Waals surface area contributed by atoms with E-state index in [-0.39, 0.29) is 11.8 Å². The highest BCUT2D eigenvalue weighted by Crippen LogP contribution is 2.33. The summed E-state index contributed by atoms with van der Waals surface area (Å²) in [6.07, 6.45) is 6.54. The van der Waals surface area contributed by atoms with E-state index in [4.69, 9.17) is 0 Å². The monoisotopic (exact) mass is 266 g/mol. The lowest BCUT2D eigenvalue weighted by atomic mass is 9.82. The quantitative estimate of drug-likeness (QED) is 0.836. The van der Waals surface area contributed by atoms with E-state index >= 15 is 0 Å². The minimum atomic E-state index is -0.0230. The van der Waals surface area contributed by atoms with Crippen molar-refractivity contribution in [3.05, 3.63) is 59.9 Å². The molecule has 1 aliphatic carbocycles. The summed E-state index contributed by atoms with van der Waals surface area (Å²) in [5, 5.41) is 0. The molecule has 0 saturated carbocycles. The van der Waals surface area contributed by atoms with E-state index in [1.54, 1.807) is 17.3 Å². The van der Waals surface area contributed by atoms with Gasteiger partial charge in [-0.2, -0.15) is 0 Å². The minimum absolute atomic E-state index is 0.0230. The molecule has 0 fully saturated rings. The van der Waals surface area contributed by atoms with Crippen LogP contribution < -0.4 is 4.90 Å². The Bertz CT molecular complexity index is 609. The molecule has 1 unspecified atom stereocenters. The summed E-state index contributed by atoms with van der Waals surface area (Å²) in [5.74, 6) is 0.135. The standard InChI is InChI=1S/C17H18N2O/c1-19(14-8-5-11-18-12-14)17(20)16-10-4-7-13-6-2-3-9-15(13)16/h2-3,5-6,8-9,11-12,16H,4,7,10H2,1H3. The second kappa shape index (κ2) is 5.45. The van der Waals surface area contributed by atoms with Gasteiger partial charge in [-0.3, -0.25) is 9.78 Å². The van der Waals surface area contributed by atoms with Crippen molar-refractivity contribution in [3.63, 3.8) is 0 Å². The van der Waals surface area contributed by atoms with Gasteiger partial charge >= 0.3 is 0 Å². The maximum absolute atomic E-state index is 12.8. The number of carbonyl (C=O) groups excluding carboxylic acids is 1. The zero-order valence-corrected chi connectivity index (χ0v) is 11.6. The number of fused-ring (bicyclic) bond motifs is 1. The molecule has 0 radical (unpaired) electrons. The van der Waals surface area contributed by atoms with Crippen molar-refractivity contribution in [1.29, 1.82) is 0 Å². The third-order valence-corrected chi connectivity index (χ3v) is 4.03. The number of carbonyl (C=O) groups is 1. The number of aromatic nitrogens is 1. The van der Waals surface area contributed by atoms with Crippen molar-refractivity contribution < 1.29 is 4.79 Å². The first-order chi connectivity index (χ1) is 9.77. The number of hydrogen-bond donors (Lipinski definition) is 0. The van der Waals surface area contributed by atoms with Gasteiger partial charge in [-0.25, -0.2) is 0 Å². The molecule has 1 aromatic carbocycles. The van der Waals surface area contributed by atoms with Crippen LogP contribution in [0.1, 0.15) is 29.9 Å². The number of pyridine rings is 1. The molecule has 2 aromatic rings. The van der Waals surface area contributed by atoms with Gasteiger partial charge in [-0.1, -0.05) is 24.3 Å². The Morgan fingerprint density at radius 3 is 2.90 bits per heavy atom. The Hall–Kier alpha value is -2.16. The predicted molar refractivity (Wildman–Crippen MR) is 79.8 cm³/mol. The second-order valence-electron chi connectivity index (χ2n) is 5.25. The second-order valence-corrected chi connectivity index (χ2v) is 5.25. The number of likely N-dealkylation sites (N-methyl/N-ethyl adjacent to an activating group) is 1. The fourth-order valence-corrected chi connectivity index (χ4v) is 2.92. The summed E-state index contributed by atoms with van der Waals surface area (Å²) < 4.78 is 0. The summed E-state index contributed by atoms with van der Waals surface area (Å²) in [7, 11) is 1.83. The number of anilines is 1. The number of benzene rings is 1. The molecule has 3 heteroatoms. The lowest BCUT2D eigenvalue weighted by Crippen LogP contribution is -2.33. The fourth-order valence-electron chi connectivity index (χ4n) is 2.92. The number of amides is 1. The minimum Gasteiger partial charge on any atom is -0.313 e. The van der Waals surface area contributed by atoms with Gasteiger partial charge in [0.2, 0.25) is 5.91 Å². The normalized spacial score (nSPS) is 17.4. The Morgan fingerprint density at radius 1 is 1.25 bits per heavy atom.